The van der Waals surface area contributed by atoms with Gasteiger partial charge in [-0.15, -0.1) is 0 Å². The number of nitriles is 1. The van der Waals surface area contributed by atoms with Gasteiger partial charge in [0.25, 0.3) is 0 Å². The molecular formula is C20H19Cl2N3O3S. The molecule has 3 rings (SSSR count). The molecule has 0 radical (unpaired) electrons. The minimum Gasteiger partial charge on any atom is -0.335 e. The van der Waals surface area contributed by atoms with Crippen LogP contribution in [0.5, 0.6) is 0 Å². The van der Waals surface area contributed by atoms with E-state index in [2.05, 4.69) is 4.72 Å². The van der Waals surface area contributed by atoms with Gasteiger partial charge >= 0.3 is 0 Å². The quantitative estimate of drug-likeness (QED) is 0.704. The lowest BCUT2D eigenvalue weighted by molar-refractivity contribution is -0.133. The summed E-state index contributed by atoms with van der Waals surface area (Å²) in [6.45, 7) is 1.94. The highest BCUT2D eigenvalue weighted by molar-refractivity contribution is 7.89. The summed E-state index contributed by atoms with van der Waals surface area (Å²) in [6.07, 6.45) is 0.463. The van der Waals surface area contributed by atoms with Crippen molar-refractivity contribution in [1.29, 1.82) is 5.26 Å². The van der Waals surface area contributed by atoms with Crippen molar-refractivity contribution in [2.24, 2.45) is 0 Å². The van der Waals surface area contributed by atoms with Gasteiger partial charge in [0.05, 0.1) is 30.0 Å². The molecule has 152 valence electrons. The minimum absolute atomic E-state index is 0.0693. The number of nitrogens with zero attached hydrogens (tertiary/aromatic N) is 2. The molecular weight excluding hydrogens is 433 g/mol. The standard InChI is InChI=1S/C20H19Cl2N3O3S/c1-13-14-4-2-7-19(29(27,28)24-10-9-23)15(14)8-11-25(13)20(26)12-16-17(21)5-3-6-18(16)22/h2-7,13,24H,8,10-12H2,1H3/t13-/m0/s1. The highest BCUT2D eigenvalue weighted by Gasteiger charge is 2.31. The van der Waals surface area contributed by atoms with E-state index in [0.717, 1.165) is 5.56 Å². The molecule has 1 N–H and O–H groups in total. The normalized spacial score (nSPS) is 16.2. The maximum Gasteiger partial charge on any atom is 0.241 e. The first-order valence-corrected chi connectivity index (χ1v) is 11.2. The third-order valence-corrected chi connectivity index (χ3v) is 7.22. The van der Waals surface area contributed by atoms with Gasteiger partial charge in [0, 0.05) is 16.6 Å². The predicted octanol–water partition coefficient (Wildman–Crippen LogP) is 3.48. The SMILES string of the molecule is C[C@H]1c2cccc(S(=O)(=O)NCC#N)c2CCN1C(=O)Cc1c(Cl)cccc1Cl. The Balaban J connectivity index is 1.88. The number of hydrogen-bond acceptors (Lipinski definition) is 4. The maximum atomic E-state index is 13.0. The lowest BCUT2D eigenvalue weighted by Gasteiger charge is -2.36. The third kappa shape index (κ3) is 4.41. The fourth-order valence-corrected chi connectivity index (χ4v) is 5.33. The van der Waals surface area contributed by atoms with Gasteiger partial charge in [-0.25, -0.2) is 8.42 Å². The molecule has 0 saturated carbocycles. The monoisotopic (exact) mass is 451 g/mol. The number of nitrogens with one attached hydrogen (secondary N) is 1. The Morgan fingerprint density at radius 1 is 1.24 bits per heavy atom. The van der Waals surface area contributed by atoms with Gasteiger partial charge in [-0.2, -0.15) is 9.98 Å². The summed E-state index contributed by atoms with van der Waals surface area (Å²) in [5, 5.41) is 9.55. The molecule has 0 saturated heterocycles. The largest absolute Gasteiger partial charge is 0.335 e. The maximum absolute atomic E-state index is 13.0. The summed E-state index contributed by atoms with van der Waals surface area (Å²) in [4.78, 5) is 14.8. The smallest absolute Gasteiger partial charge is 0.241 e. The van der Waals surface area contributed by atoms with Crippen molar-refractivity contribution in [3.8, 4) is 6.07 Å². The van der Waals surface area contributed by atoms with Crippen LogP contribution in [0.25, 0.3) is 0 Å². The van der Waals surface area contributed by atoms with Crippen molar-refractivity contribution >= 4 is 39.1 Å². The van der Waals surface area contributed by atoms with Crippen LogP contribution in [-0.2, 0) is 27.7 Å². The van der Waals surface area contributed by atoms with Crippen molar-refractivity contribution in [3.63, 3.8) is 0 Å². The minimum atomic E-state index is -3.80. The van der Waals surface area contributed by atoms with E-state index in [9.17, 15) is 13.2 Å². The molecule has 0 aliphatic carbocycles. The number of sulfonamides is 1. The molecule has 0 aromatic heterocycles. The average Bonchev–Trinajstić information content (AvgIpc) is 2.69. The van der Waals surface area contributed by atoms with Crippen molar-refractivity contribution in [3.05, 3.63) is 63.1 Å². The fourth-order valence-electron chi connectivity index (χ4n) is 3.59. The van der Waals surface area contributed by atoms with E-state index in [1.54, 1.807) is 35.2 Å². The van der Waals surface area contributed by atoms with Crippen LogP contribution in [0.2, 0.25) is 10.0 Å². The van der Waals surface area contributed by atoms with E-state index in [-0.39, 0.29) is 29.8 Å². The zero-order valence-corrected chi connectivity index (χ0v) is 18.0. The number of amides is 1. The third-order valence-electron chi connectivity index (χ3n) is 5.03. The molecule has 0 spiro atoms. The molecule has 1 heterocycles. The number of carbonyl (C=O) groups excluding carboxylic acids is 1. The molecule has 1 aliphatic heterocycles. The zero-order chi connectivity index (χ0) is 21.2. The van der Waals surface area contributed by atoms with Crippen molar-refractivity contribution in [1.82, 2.24) is 9.62 Å². The second kappa shape index (κ2) is 8.72. The molecule has 2 aromatic carbocycles. The summed E-state index contributed by atoms with van der Waals surface area (Å²) in [7, 11) is -3.80. The average molecular weight is 452 g/mol. The van der Waals surface area contributed by atoms with Crippen LogP contribution in [0.15, 0.2) is 41.3 Å². The molecule has 0 bridgehead atoms. The molecule has 1 atom stereocenters. The molecule has 9 heteroatoms. The molecule has 29 heavy (non-hydrogen) atoms. The van der Waals surface area contributed by atoms with Crippen LogP contribution in [0.4, 0.5) is 0 Å². The first-order valence-electron chi connectivity index (χ1n) is 8.97. The van der Waals surface area contributed by atoms with Gasteiger partial charge in [-0.05, 0) is 48.2 Å². The number of hydrogen-bond donors (Lipinski definition) is 1. The molecule has 0 fully saturated rings. The van der Waals surface area contributed by atoms with E-state index in [1.807, 2.05) is 13.0 Å². The Labute approximate surface area is 180 Å². The number of fused-ring (bicyclic) bond motifs is 1. The molecule has 2 aromatic rings. The summed E-state index contributed by atoms with van der Waals surface area (Å²) >= 11 is 12.4. The van der Waals surface area contributed by atoms with Gasteiger partial charge in [0.2, 0.25) is 15.9 Å². The van der Waals surface area contributed by atoms with Gasteiger partial charge in [-0.3, -0.25) is 4.79 Å². The van der Waals surface area contributed by atoms with Crippen LogP contribution in [-0.4, -0.2) is 32.3 Å². The van der Waals surface area contributed by atoms with Gasteiger partial charge in [-0.1, -0.05) is 41.4 Å². The van der Waals surface area contributed by atoms with Crippen molar-refractivity contribution in [2.45, 2.75) is 30.7 Å². The second-order valence-electron chi connectivity index (χ2n) is 6.70. The number of benzene rings is 2. The number of carbonyl (C=O) groups is 1. The van der Waals surface area contributed by atoms with Crippen molar-refractivity contribution < 1.29 is 13.2 Å². The zero-order valence-electron chi connectivity index (χ0n) is 15.7. The Morgan fingerprint density at radius 2 is 1.90 bits per heavy atom. The fraction of sp³-hybridized carbons (Fsp3) is 0.300. The molecule has 6 nitrogen and oxygen atoms in total. The van der Waals surface area contributed by atoms with Crippen LogP contribution in [0, 0.1) is 11.3 Å². The second-order valence-corrected chi connectivity index (χ2v) is 9.25. The van der Waals surface area contributed by atoms with E-state index in [0.29, 0.717) is 34.1 Å². The van der Waals surface area contributed by atoms with Crippen LogP contribution < -0.4 is 4.72 Å². The number of rotatable bonds is 5. The Morgan fingerprint density at radius 3 is 2.55 bits per heavy atom. The Bertz CT molecular complexity index is 1080. The topological polar surface area (TPSA) is 90.3 Å². The predicted molar refractivity (Wildman–Crippen MR) is 111 cm³/mol. The first kappa shape index (κ1) is 21.6. The lowest BCUT2D eigenvalue weighted by atomic mass is 9.93. The van der Waals surface area contributed by atoms with Crippen LogP contribution >= 0.6 is 23.2 Å². The van der Waals surface area contributed by atoms with Crippen LogP contribution in [0.3, 0.4) is 0 Å². The first-order chi connectivity index (χ1) is 13.8. The van der Waals surface area contributed by atoms with Gasteiger partial charge < -0.3 is 4.90 Å². The number of halogens is 2. The van der Waals surface area contributed by atoms with E-state index in [4.69, 9.17) is 28.5 Å². The van der Waals surface area contributed by atoms with Gasteiger partial charge in [0.1, 0.15) is 0 Å². The molecule has 1 aliphatic rings. The lowest BCUT2D eigenvalue weighted by Crippen LogP contribution is -2.40. The van der Waals surface area contributed by atoms with E-state index < -0.39 is 10.0 Å². The van der Waals surface area contributed by atoms with Gasteiger partial charge in [0.15, 0.2) is 0 Å². The Hall–Kier alpha value is -2.11. The summed E-state index contributed by atoms with van der Waals surface area (Å²) in [5.41, 5.74) is 2.02. The van der Waals surface area contributed by atoms with Crippen LogP contribution in [0.1, 0.15) is 29.7 Å². The van der Waals surface area contributed by atoms with E-state index >= 15 is 0 Å². The summed E-state index contributed by atoms with van der Waals surface area (Å²) in [5.74, 6) is -0.131. The summed E-state index contributed by atoms with van der Waals surface area (Å²) < 4.78 is 27.3. The van der Waals surface area contributed by atoms with Crippen molar-refractivity contribution in [2.75, 3.05) is 13.1 Å². The summed E-state index contributed by atoms with van der Waals surface area (Å²) in [6, 6.07) is 11.6. The molecule has 0 unspecified atom stereocenters. The highest BCUT2D eigenvalue weighted by atomic mass is 35.5. The Kier molecular flexibility index (Phi) is 6.49. The molecule has 1 amide bonds. The highest BCUT2D eigenvalue weighted by Crippen LogP contribution is 2.34. The van der Waals surface area contributed by atoms with E-state index in [1.165, 1.54) is 6.07 Å².